The molecule has 128 valence electrons. The minimum Gasteiger partial charge on any atom is -0.301 e. The lowest BCUT2D eigenvalue weighted by molar-refractivity contribution is 0.873. The summed E-state index contributed by atoms with van der Waals surface area (Å²) in [5.41, 5.74) is 2.41. The standard InChI is InChI=1S/C20H16N4OS/c25-19-17-14-21-24(16-11-5-2-6-12-16)18(17)22-20(23-19)26-13-7-10-15-8-3-1-4-9-15/h1-12,14H,13H2,(H,22,23,25). The fraction of sp³-hybridized carbons (Fsp3) is 0.0500. The summed E-state index contributed by atoms with van der Waals surface area (Å²) < 4.78 is 1.69. The van der Waals surface area contributed by atoms with Gasteiger partial charge < -0.3 is 4.98 Å². The summed E-state index contributed by atoms with van der Waals surface area (Å²) in [7, 11) is 0. The van der Waals surface area contributed by atoms with Crippen LogP contribution in [-0.2, 0) is 0 Å². The number of hydrogen-bond acceptors (Lipinski definition) is 4. The molecule has 2 aromatic carbocycles. The fourth-order valence-electron chi connectivity index (χ4n) is 2.60. The van der Waals surface area contributed by atoms with E-state index in [1.165, 1.54) is 11.8 Å². The molecular formula is C20H16N4OS. The molecule has 0 aliphatic rings. The molecule has 0 aliphatic carbocycles. The van der Waals surface area contributed by atoms with Crippen molar-refractivity contribution in [3.05, 3.63) is 88.9 Å². The highest BCUT2D eigenvalue weighted by molar-refractivity contribution is 7.99. The molecule has 0 aliphatic heterocycles. The second kappa shape index (κ2) is 7.41. The first-order chi connectivity index (χ1) is 12.8. The monoisotopic (exact) mass is 360 g/mol. The molecule has 0 saturated heterocycles. The van der Waals surface area contributed by atoms with Crippen molar-refractivity contribution in [1.82, 2.24) is 19.7 Å². The molecule has 5 nitrogen and oxygen atoms in total. The number of fused-ring (bicyclic) bond motifs is 1. The predicted octanol–water partition coefficient (Wildman–Crippen LogP) is 3.91. The number of rotatable bonds is 5. The van der Waals surface area contributed by atoms with Crippen LogP contribution in [0.2, 0.25) is 0 Å². The van der Waals surface area contributed by atoms with Gasteiger partial charge >= 0.3 is 0 Å². The lowest BCUT2D eigenvalue weighted by Crippen LogP contribution is -2.09. The quantitative estimate of drug-likeness (QED) is 0.433. The molecule has 0 amide bonds. The average molecular weight is 360 g/mol. The van der Waals surface area contributed by atoms with Crippen molar-refractivity contribution in [2.24, 2.45) is 0 Å². The van der Waals surface area contributed by atoms with E-state index in [1.54, 1.807) is 10.9 Å². The van der Waals surface area contributed by atoms with Crippen molar-refractivity contribution >= 4 is 28.9 Å². The van der Waals surface area contributed by atoms with E-state index in [4.69, 9.17) is 0 Å². The van der Waals surface area contributed by atoms with Gasteiger partial charge in [-0.3, -0.25) is 4.79 Å². The summed E-state index contributed by atoms with van der Waals surface area (Å²) in [6.45, 7) is 0. The summed E-state index contributed by atoms with van der Waals surface area (Å²) in [6.07, 6.45) is 5.66. The Hall–Kier alpha value is -3.12. The van der Waals surface area contributed by atoms with Gasteiger partial charge in [-0.1, -0.05) is 72.4 Å². The topological polar surface area (TPSA) is 63.6 Å². The van der Waals surface area contributed by atoms with Crippen molar-refractivity contribution in [3.8, 4) is 5.69 Å². The van der Waals surface area contributed by atoms with Gasteiger partial charge in [0.25, 0.3) is 5.56 Å². The highest BCUT2D eigenvalue weighted by atomic mass is 32.2. The molecule has 26 heavy (non-hydrogen) atoms. The molecular weight excluding hydrogens is 344 g/mol. The molecule has 2 heterocycles. The smallest absolute Gasteiger partial charge is 0.262 e. The number of aromatic nitrogens is 4. The first-order valence-corrected chi connectivity index (χ1v) is 9.18. The first kappa shape index (κ1) is 16.4. The fourth-order valence-corrected chi connectivity index (χ4v) is 3.27. The van der Waals surface area contributed by atoms with Gasteiger partial charge in [-0.25, -0.2) is 9.67 Å². The van der Waals surface area contributed by atoms with Gasteiger partial charge in [-0.15, -0.1) is 0 Å². The van der Waals surface area contributed by atoms with Crippen LogP contribution in [0.15, 0.2) is 82.9 Å². The van der Waals surface area contributed by atoms with E-state index in [-0.39, 0.29) is 5.56 Å². The maximum Gasteiger partial charge on any atom is 0.262 e. The summed E-state index contributed by atoms with van der Waals surface area (Å²) in [5, 5.41) is 5.38. The zero-order valence-electron chi connectivity index (χ0n) is 13.9. The van der Waals surface area contributed by atoms with E-state index in [2.05, 4.69) is 27.2 Å². The van der Waals surface area contributed by atoms with Crippen LogP contribution in [0.3, 0.4) is 0 Å². The molecule has 4 rings (SSSR count). The molecule has 2 aromatic heterocycles. The van der Waals surface area contributed by atoms with Crippen molar-refractivity contribution < 1.29 is 0 Å². The zero-order chi connectivity index (χ0) is 17.8. The molecule has 0 saturated carbocycles. The van der Waals surface area contributed by atoms with Crippen molar-refractivity contribution in [2.45, 2.75) is 5.16 Å². The van der Waals surface area contributed by atoms with Crippen LogP contribution < -0.4 is 5.56 Å². The van der Waals surface area contributed by atoms with Crippen LogP contribution in [0.4, 0.5) is 0 Å². The third kappa shape index (κ3) is 3.45. The number of hydrogen-bond donors (Lipinski definition) is 1. The number of nitrogens with zero attached hydrogens (tertiary/aromatic N) is 3. The molecule has 4 aromatic rings. The average Bonchev–Trinajstić information content (AvgIpc) is 3.11. The second-order valence-corrected chi connectivity index (χ2v) is 6.63. The Kier molecular flexibility index (Phi) is 4.66. The third-order valence-corrected chi connectivity index (χ3v) is 4.67. The Labute approximate surface area is 154 Å². The van der Waals surface area contributed by atoms with E-state index in [0.717, 1.165) is 11.3 Å². The minimum atomic E-state index is -0.174. The van der Waals surface area contributed by atoms with Gasteiger partial charge in [0.05, 0.1) is 11.9 Å². The Morgan fingerprint density at radius 3 is 2.54 bits per heavy atom. The van der Waals surface area contributed by atoms with Gasteiger partial charge in [0.15, 0.2) is 10.8 Å². The van der Waals surface area contributed by atoms with Gasteiger partial charge in [-0.2, -0.15) is 5.10 Å². The SMILES string of the molecule is O=c1[nH]c(SCC=Cc2ccccc2)nc2c1cnn2-c1ccccc1. The Balaban J connectivity index is 1.58. The Bertz CT molecular complexity index is 1100. The minimum absolute atomic E-state index is 0.174. The van der Waals surface area contributed by atoms with E-state index in [1.807, 2.05) is 60.7 Å². The van der Waals surface area contributed by atoms with Gasteiger partial charge in [0.1, 0.15) is 5.39 Å². The van der Waals surface area contributed by atoms with Crippen molar-refractivity contribution in [3.63, 3.8) is 0 Å². The summed E-state index contributed by atoms with van der Waals surface area (Å²) in [6, 6.07) is 19.8. The number of aromatic amines is 1. The van der Waals surface area contributed by atoms with E-state index in [0.29, 0.717) is 21.9 Å². The highest BCUT2D eigenvalue weighted by Crippen LogP contribution is 2.18. The lowest BCUT2D eigenvalue weighted by atomic mass is 10.2. The summed E-state index contributed by atoms with van der Waals surface area (Å²) in [5.74, 6) is 0.711. The zero-order valence-corrected chi connectivity index (χ0v) is 14.7. The number of nitrogens with one attached hydrogen (secondary N) is 1. The molecule has 1 N–H and O–H groups in total. The van der Waals surface area contributed by atoms with Gasteiger partial charge in [0.2, 0.25) is 0 Å². The van der Waals surface area contributed by atoms with Gasteiger partial charge in [-0.05, 0) is 17.7 Å². The number of benzene rings is 2. The van der Waals surface area contributed by atoms with Crippen LogP contribution in [0, 0.1) is 0 Å². The molecule has 6 heteroatoms. The normalized spacial score (nSPS) is 11.4. The summed E-state index contributed by atoms with van der Waals surface area (Å²) >= 11 is 1.48. The van der Waals surface area contributed by atoms with Crippen molar-refractivity contribution in [2.75, 3.05) is 5.75 Å². The lowest BCUT2D eigenvalue weighted by Gasteiger charge is -2.03. The molecule has 0 bridgehead atoms. The van der Waals surface area contributed by atoms with Crippen LogP contribution >= 0.6 is 11.8 Å². The number of thioether (sulfide) groups is 1. The number of H-pyrrole nitrogens is 1. The van der Waals surface area contributed by atoms with Crippen molar-refractivity contribution in [1.29, 1.82) is 0 Å². The predicted molar refractivity (Wildman–Crippen MR) is 106 cm³/mol. The first-order valence-electron chi connectivity index (χ1n) is 8.19. The Morgan fingerprint density at radius 2 is 1.77 bits per heavy atom. The number of para-hydroxylation sites is 1. The highest BCUT2D eigenvalue weighted by Gasteiger charge is 2.11. The third-order valence-electron chi connectivity index (χ3n) is 3.84. The second-order valence-electron chi connectivity index (χ2n) is 5.62. The molecule has 0 atom stereocenters. The van der Waals surface area contributed by atoms with Crippen LogP contribution in [0.1, 0.15) is 5.56 Å². The molecule has 0 spiro atoms. The molecule has 0 fully saturated rings. The van der Waals surface area contributed by atoms with Gasteiger partial charge in [0, 0.05) is 5.75 Å². The van der Waals surface area contributed by atoms with Crippen LogP contribution in [0.25, 0.3) is 22.8 Å². The maximum atomic E-state index is 12.3. The maximum absolute atomic E-state index is 12.3. The van der Waals surface area contributed by atoms with E-state index in [9.17, 15) is 4.79 Å². The van der Waals surface area contributed by atoms with E-state index >= 15 is 0 Å². The largest absolute Gasteiger partial charge is 0.301 e. The molecule has 0 radical (unpaired) electrons. The van der Waals surface area contributed by atoms with Crippen LogP contribution in [0.5, 0.6) is 0 Å². The Morgan fingerprint density at radius 1 is 1.04 bits per heavy atom. The summed E-state index contributed by atoms with van der Waals surface area (Å²) in [4.78, 5) is 19.7. The van der Waals surface area contributed by atoms with E-state index < -0.39 is 0 Å². The van der Waals surface area contributed by atoms with Crippen LogP contribution in [-0.4, -0.2) is 25.5 Å². The molecule has 0 unspecified atom stereocenters.